The van der Waals surface area contributed by atoms with Crippen LogP contribution in [-0.2, 0) is 36.9 Å². The largest absolute Gasteiger partial charge is 0.417 e. The van der Waals surface area contributed by atoms with Crippen LogP contribution in [0.5, 0.6) is 0 Å². The molecule has 0 radical (unpaired) electrons. The van der Waals surface area contributed by atoms with Crippen molar-refractivity contribution >= 4 is 5.91 Å². The van der Waals surface area contributed by atoms with E-state index in [1.807, 2.05) is 6.20 Å². The highest BCUT2D eigenvalue weighted by molar-refractivity contribution is 5.83. The molecule has 0 aromatic carbocycles. The molecule has 1 unspecified atom stereocenters. The predicted octanol–water partition coefficient (Wildman–Crippen LogP) is 3.96. The summed E-state index contributed by atoms with van der Waals surface area (Å²) in [7, 11) is 0. The average molecular weight is 462 g/mol. The quantitative estimate of drug-likeness (QED) is 0.752. The average Bonchev–Trinajstić information content (AvgIpc) is 3.44. The molecule has 1 N–H and O–H groups in total. The number of hydrogen-bond acceptors (Lipinski definition) is 4. The number of H-pyrrole nitrogens is 1. The third-order valence-corrected chi connectivity index (χ3v) is 8.06. The molecule has 33 heavy (non-hydrogen) atoms. The van der Waals surface area contributed by atoms with Gasteiger partial charge in [-0.25, -0.2) is 0 Å². The molecule has 0 spiro atoms. The molecule has 1 saturated carbocycles. The highest BCUT2D eigenvalue weighted by Gasteiger charge is 2.51. The van der Waals surface area contributed by atoms with E-state index >= 15 is 0 Å². The van der Waals surface area contributed by atoms with Crippen LogP contribution >= 0.6 is 0 Å². The first kappa shape index (κ1) is 22.4. The molecule has 2 aliphatic heterocycles. The maximum atomic E-state index is 13.9. The normalized spacial score (nSPS) is 25.9. The van der Waals surface area contributed by atoms with Crippen LogP contribution in [0, 0.1) is 11.3 Å². The van der Waals surface area contributed by atoms with Crippen molar-refractivity contribution in [1.82, 2.24) is 25.0 Å². The van der Waals surface area contributed by atoms with E-state index in [2.05, 4.69) is 33.9 Å². The summed E-state index contributed by atoms with van der Waals surface area (Å²) in [5, 5.41) is 7.24. The third kappa shape index (κ3) is 3.94. The molecule has 1 aliphatic carbocycles. The van der Waals surface area contributed by atoms with E-state index < -0.39 is 17.2 Å². The van der Waals surface area contributed by atoms with Crippen LogP contribution in [0.4, 0.5) is 13.2 Å². The van der Waals surface area contributed by atoms with Gasteiger partial charge in [0.05, 0.1) is 17.2 Å². The van der Waals surface area contributed by atoms with Crippen LogP contribution in [0.2, 0.25) is 0 Å². The molecule has 2 atom stereocenters. The zero-order valence-electron chi connectivity index (χ0n) is 19.1. The lowest BCUT2D eigenvalue weighted by Crippen LogP contribution is -2.48. The summed E-state index contributed by atoms with van der Waals surface area (Å²) >= 11 is 0. The van der Waals surface area contributed by atoms with Gasteiger partial charge in [-0.05, 0) is 36.8 Å². The van der Waals surface area contributed by atoms with Gasteiger partial charge in [0.25, 0.3) is 0 Å². The summed E-state index contributed by atoms with van der Waals surface area (Å²) in [6, 6.07) is 1.49. The van der Waals surface area contributed by atoms with Crippen molar-refractivity contribution in [2.45, 2.75) is 71.3 Å². The number of hydrogen-bond donors (Lipinski definition) is 1. The Balaban J connectivity index is 1.34. The Morgan fingerprint density at radius 1 is 1.18 bits per heavy atom. The van der Waals surface area contributed by atoms with Gasteiger partial charge in [-0.15, -0.1) is 0 Å². The van der Waals surface area contributed by atoms with E-state index in [0.29, 0.717) is 30.3 Å². The fourth-order valence-corrected chi connectivity index (χ4v) is 5.95. The van der Waals surface area contributed by atoms with E-state index in [-0.39, 0.29) is 18.4 Å². The molecule has 5 rings (SSSR count). The number of fused-ring (bicyclic) bond motifs is 2. The first-order valence-corrected chi connectivity index (χ1v) is 11.8. The number of pyridine rings is 1. The van der Waals surface area contributed by atoms with E-state index in [0.717, 1.165) is 51.0 Å². The Morgan fingerprint density at radius 3 is 2.76 bits per heavy atom. The molecule has 9 heteroatoms. The minimum absolute atomic E-state index is 0.0871. The van der Waals surface area contributed by atoms with Crippen LogP contribution in [0.15, 0.2) is 18.5 Å². The standard InChI is InChI=1S/C24H30F3N5O/c1-15(2)23(6-3-19(10-23)31-7-5-21-17(14-31)11-29-30-21)22(33)32-8-4-20-16(13-32)9-18(12-28-20)24(25,26)27/h9,11-12,15,19H,3-8,10,13-14H2,1-2H3,(H,29,30)/t19?,23-/m0/s1. The fourth-order valence-electron chi connectivity index (χ4n) is 5.95. The van der Waals surface area contributed by atoms with Crippen molar-refractivity contribution in [3.8, 4) is 0 Å². The molecular weight excluding hydrogens is 431 g/mol. The van der Waals surface area contributed by atoms with Crippen molar-refractivity contribution in [3.05, 3.63) is 46.5 Å². The number of rotatable bonds is 3. The van der Waals surface area contributed by atoms with Crippen molar-refractivity contribution in [2.24, 2.45) is 11.3 Å². The molecule has 0 saturated heterocycles. The molecule has 4 heterocycles. The predicted molar refractivity (Wildman–Crippen MR) is 116 cm³/mol. The lowest BCUT2D eigenvalue weighted by atomic mass is 9.73. The molecular formula is C24H30F3N5O. The van der Waals surface area contributed by atoms with E-state index in [9.17, 15) is 18.0 Å². The lowest BCUT2D eigenvalue weighted by Gasteiger charge is -2.40. The van der Waals surface area contributed by atoms with E-state index in [1.54, 1.807) is 4.90 Å². The number of nitrogens with one attached hydrogen (secondary N) is 1. The van der Waals surface area contributed by atoms with Crippen molar-refractivity contribution < 1.29 is 18.0 Å². The van der Waals surface area contributed by atoms with Gasteiger partial charge in [-0.1, -0.05) is 13.8 Å². The van der Waals surface area contributed by atoms with Gasteiger partial charge >= 0.3 is 6.18 Å². The molecule has 178 valence electrons. The highest BCUT2D eigenvalue weighted by atomic mass is 19.4. The van der Waals surface area contributed by atoms with Crippen LogP contribution < -0.4 is 0 Å². The van der Waals surface area contributed by atoms with Gasteiger partial charge in [-0.3, -0.25) is 19.8 Å². The molecule has 1 fully saturated rings. The second-order valence-corrected chi connectivity index (χ2v) is 10.1. The Morgan fingerprint density at radius 2 is 2.00 bits per heavy atom. The second kappa shape index (κ2) is 8.11. The smallest absolute Gasteiger partial charge is 0.337 e. The number of carbonyl (C=O) groups excluding carboxylic acids is 1. The maximum absolute atomic E-state index is 13.9. The number of nitrogens with zero attached hydrogens (tertiary/aromatic N) is 4. The van der Waals surface area contributed by atoms with Crippen LogP contribution in [0.1, 0.15) is 61.2 Å². The van der Waals surface area contributed by atoms with Crippen LogP contribution in [-0.4, -0.2) is 50.0 Å². The van der Waals surface area contributed by atoms with Gasteiger partial charge < -0.3 is 4.90 Å². The van der Waals surface area contributed by atoms with Gasteiger partial charge in [0.1, 0.15) is 0 Å². The molecule has 3 aliphatic rings. The van der Waals surface area contributed by atoms with E-state index in [4.69, 9.17) is 0 Å². The number of halogens is 3. The van der Waals surface area contributed by atoms with Crippen molar-refractivity contribution in [3.63, 3.8) is 0 Å². The molecule has 0 bridgehead atoms. The first-order valence-electron chi connectivity index (χ1n) is 11.8. The summed E-state index contributed by atoms with van der Waals surface area (Å²) in [5.41, 5.74) is 2.39. The molecule has 2 aromatic heterocycles. The number of carbonyl (C=O) groups is 1. The minimum Gasteiger partial charge on any atom is -0.337 e. The Hall–Kier alpha value is -2.42. The summed E-state index contributed by atoms with van der Waals surface area (Å²) in [5.74, 6) is 0.245. The first-order chi connectivity index (χ1) is 15.7. The minimum atomic E-state index is -4.44. The van der Waals surface area contributed by atoms with E-state index in [1.165, 1.54) is 11.3 Å². The van der Waals surface area contributed by atoms with Gasteiger partial charge in [-0.2, -0.15) is 18.3 Å². The fraction of sp³-hybridized carbons (Fsp3) is 0.625. The Bertz CT molecular complexity index is 1050. The van der Waals surface area contributed by atoms with Crippen LogP contribution in [0.3, 0.4) is 0 Å². The number of aromatic nitrogens is 3. The summed E-state index contributed by atoms with van der Waals surface area (Å²) in [6.45, 7) is 6.71. The number of alkyl halides is 3. The number of amides is 1. The second-order valence-electron chi connectivity index (χ2n) is 10.1. The zero-order valence-corrected chi connectivity index (χ0v) is 19.1. The highest BCUT2D eigenvalue weighted by Crippen LogP contribution is 2.48. The monoisotopic (exact) mass is 461 g/mol. The summed E-state index contributed by atoms with van der Waals surface area (Å²) in [4.78, 5) is 22.2. The topological polar surface area (TPSA) is 65.1 Å². The van der Waals surface area contributed by atoms with Crippen molar-refractivity contribution in [1.29, 1.82) is 0 Å². The Kier molecular flexibility index (Phi) is 5.50. The third-order valence-electron chi connectivity index (χ3n) is 8.06. The maximum Gasteiger partial charge on any atom is 0.417 e. The molecule has 1 amide bonds. The SMILES string of the molecule is CC(C)[C@]1(C(=O)N2CCc3ncc(C(F)(F)F)cc3C2)CCC(N2CCc3[nH]ncc3C2)C1. The van der Waals surface area contributed by atoms with Crippen LogP contribution in [0.25, 0.3) is 0 Å². The lowest BCUT2D eigenvalue weighted by molar-refractivity contribution is -0.146. The summed E-state index contributed by atoms with van der Waals surface area (Å²) in [6.07, 6.45) is 2.35. The number of aromatic amines is 1. The van der Waals surface area contributed by atoms with Gasteiger partial charge in [0.2, 0.25) is 5.91 Å². The molecule has 2 aromatic rings. The zero-order chi connectivity index (χ0) is 23.4. The van der Waals surface area contributed by atoms with Gasteiger partial charge in [0.15, 0.2) is 0 Å². The van der Waals surface area contributed by atoms with Crippen molar-refractivity contribution in [2.75, 3.05) is 13.1 Å². The summed E-state index contributed by atoms with van der Waals surface area (Å²) < 4.78 is 39.6. The molecule has 6 nitrogen and oxygen atoms in total. The Labute approximate surface area is 191 Å². The van der Waals surface area contributed by atoms with Gasteiger partial charge in [0, 0.05) is 68.2 Å².